The van der Waals surface area contributed by atoms with E-state index in [1.807, 2.05) is 38.3 Å². The van der Waals surface area contributed by atoms with Gasteiger partial charge in [0.2, 0.25) is 0 Å². The van der Waals surface area contributed by atoms with Gasteiger partial charge in [0.15, 0.2) is 11.4 Å². The number of imidazole rings is 1. The first-order valence-corrected chi connectivity index (χ1v) is 4.83. The Morgan fingerprint density at radius 3 is 2.50 bits per heavy atom. The van der Waals surface area contributed by atoms with Crippen LogP contribution in [0.1, 0.15) is 25.2 Å². The van der Waals surface area contributed by atoms with E-state index in [-0.39, 0.29) is 5.75 Å². The number of pyridine rings is 1. The average Bonchev–Trinajstić information content (AvgIpc) is 2.50. The van der Waals surface area contributed by atoms with Gasteiger partial charge in [-0.15, -0.1) is 0 Å². The van der Waals surface area contributed by atoms with Crippen LogP contribution in [0, 0.1) is 13.8 Å². The Morgan fingerprint density at radius 2 is 1.93 bits per heavy atom. The Hall–Kier alpha value is -1.51. The van der Waals surface area contributed by atoms with E-state index in [0.717, 1.165) is 11.4 Å². The molecule has 2 aromatic heterocycles. The lowest BCUT2D eigenvalue weighted by Gasteiger charge is -1.96. The molecule has 76 valence electrons. The first-order valence-electron chi connectivity index (χ1n) is 4.83. The second-order valence-corrected chi connectivity index (χ2v) is 2.87. The molecule has 0 unspecified atom stereocenters. The molecule has 2 heterocycles. The summed E-state index contributed by atoms with van der Waals surface area (Å²) in [5, 5.41) is 9.43. The van der Waals surface area contributed by atoms with Crippen LogP contribution in [0.4, 0.5) is 0 Å². The van der Waals surface area contributed by atoms with Gasteiger partial charge in [-0.05, 0) is 26.0 Å². The van der Waals surface area contributed by atoms with Gasteiger partial charge in [-0.1, -0.05) is 13.8 Å². The van der Waals surface area contributed by atoms with Crippen molar-refractivity contribution in [1.29, 1.82) is 0 Å². The zero-order valence-corrected chi connectivity index (χ0v) is 9.07. The van der Waals surface area contributed by atoms with E-state index in [1.165, 1.54) is 0 Å². The molecule has 0 aliphatic heterocycles. The minimum atomic E-state index is 0.230. The second kappa shape index (κ2) is 4.13. The van der Waals surface area contributed by atoms with E-state index in [0.29, 0.717) is 5.65 Å². The molecule has 0 aliphatic carbocycles. The van der Waals surface area contributed by atoms with Crippen LogP contribution in [0.15, 0.2) is 18.3 Å². The molecule has 0 atom stereocenters. The smallest absolute Gasteiger partial charge is 0.179 e. The topological polar surface area (TPSA) is 37.5 Å². The van der Waals surface area contributed by atoms with Gasteiger partial charge in [0, 0.05) is 11.9 Å². The number of nitrogens with zero attached hydrogens (tertiary/aromatic N) is 2. The minimum absolute atomic E-state index is 0.230. The van der Waals surface area contributed by atoms with E-state index in [1.54, 1.807) is 12.1 Å². The molecule has 0 aliphatic rings. The highest BCUT2D eigenvalue weighted by Gasteiger charge is 2.05. The van der Waals surface area contributed by atoms with Gasteiger partial charge in [-0.3, -0.25) is 0 Å². The molecule has 3 heteroatoms. The highest BCUT2D eigenvalue weighted by Crippen LogP contribution is 2.19. The van der Waals surface area contributed by atoms with E-state index in [2.05, 4.69) is 4.98 Å². The summed E-state index contributed by atoms with van der Waals surface area (Å²) in [5.41, 5.74) is 2.66. The van der Waals surface area contributed by atoms with Crippen LogP contribution in [0.3, 0.4) is 0 Å². The molecule has 1 N–H and O–H groups in total. The Kier molecular flexibility index (Phi) is 3.12. The zero-order valence-electron chi connectivity index (χ0n) is 9.07. The molecule has 0 fully saturated rings. The van der Waals surface area contributed by atoms with E-state index >= 15 is 0 Å². The van der Waals surface area contributed by atoms with Gasteiger partial charge in [0.1, 0.15) is 0 Å². The lowest BCUT2D eigenvalue weighted by atomic mass is 10.4. The summed E-state index contributed by atoms with van der Waals surface area (Å²) >= 11 is 0. The van der Waals surface area contributed by atoms with Crippen molar-refractivity contribution in [3.8, 4) is 5.75 Å². The quantitative estimate of drug-likeness (QED) is 0.696. The molecule has 14 heavy (non-hydrogen) atoms. The van der Waals surface area contributed by atoms with Crippen molar-refractivity contribution < 1.29 is 5.11 Å². The van der Waals surface area contributed by atoms with Crippen molar-refractivity contribution in [3.63, 3.8) is 0 Å². The fourth-order valence-corrected chi connectivity index (χ4v) is 1.28. The molecular formula is C11H16N2O. The van der Waals surface area contributed by atoms with Crippen LogP contribution in [0.2, 0.25) is 0 Å². The monoisotopic (exact) mass is 192 g/mol. The van der Waals surface area contributed by atoms with Crippen molar-refractivity contribution in [3.05, 3.63) is 29.7 Å². The summed E-state index contributed by atoms with van der Waals surface area (Å²) in [6, 6.07) is 3.44. The van der Waals surface area contributed by atoms with Crippen LogP contribution in [0.5, 0.6) is 5.75 Å². The standard InChI is InChI=1S/C9H10N2O.C2H6/c1-6-7(2)11-5-3-4-8(12)9(11)10-6;1-2/h3-5,12H,1-2H3;1-2H3. The summed E-state index contributed by atoms with van der Waals surface area (Å²) in [7, 11) is 0. The zero-order chi connectivity index (χ0) is 10.7. The maximum atomic E-state index is 9.43. The molecule has 0 saturated carbocycles. The van der Waals surface area contributed by atoms with E-state index < -0.39 is 0 Å². The normalized spacial score (nSPS) is 9.71. The highest BCUT2D eigenvalue weighted by atomic mass is 16.3. The summed E-state index contributed by atoms with van der Waals surface area (Å²) in [4.78, 5) is 4.23. The molecule has 2 rings (SSSR count). The fraction of sp³-hybridized carbons (Fsp3) is 0.364. The van der Waals surface area contributed by atoms with Crippen LogP contribution in [0.25, 0.3) is 5.65 Å². The van der Waals surface area contributed by atoms with Gasteiger partial charge in [-0.2, -0.15) is 0 Å². The lowest BCUT2D eigenvalue weighted by molar-refractivity contribution is 0.477. The third kappa shape index (κ3) is 1.58. The maximum absolute atomic E-state index is 9.43. The van der Waals surface area contributed by atoms with Gasteiger partial charge >= 0.3 is 0 Å². The second-order valence-electron chi connectivity index (χ2n) is 2.87. The molecular weight excluding hydrogens is 176 g/mol. The summed E-state index contributed by atoms with van der Waals surface area (Å²) in [6.45, 7) is 7.91. The highest BCUT2D eigenvalue weighted by molar-refractivity contribution is 5.54. The van der Waals surface area contributed by atoms with Crippen molar-refractivity contribution in [2.45, 2.75) is 27.7 Å². The average molecular weight is 192 g/mol. The number of hydrogen-bond acceptors (Lipinski definition) is 2. The van der Waals surface area contributed by atoms with Crippen molar-refractivity contribution in [2.75, 3.05) is 0 Å². The van der Waals surface area contributed by atoms with Crippen LogP contribution < -0.4 is 0 Å². The third-order valence-electron chi connectivity index (χ3n) is 2.11. The van der Waals surface area contributed by atoms with Crippen LogP contribution in [-0.4, -0.2) is 14.5 Å². The number of rotatable bonds is 0. The number of aryl methyl sites for hydroxylation is 2. The molecule has 2 aromatic rings. The summed E-state index contributed by atoms with van der Waals surface area (Å²) < 4.78 is 1.88. The summed E-state index contributed by atoms with van der Waals surface area (Å²) in [6.07, 6.45) is 1.89. The van der Waals surface area contributed by atoms with Gasteiger partial charge in [-0.25, -0.2) is 4.98 Å². The van der Waals surface area contributed by atoms with Gasteiger partial charge in [0.25, 0.3) is 0 Å². The molecule has 3 nitrogen and oxygen atoms in total. The third-order valence-corrected chi connectivity index (χ3v) is 2.11. The predicted octanol–water partition coefficient (Wildman–Crippen LogP) is 2.68. The molecule has 0 radical (unpaired) electrons. The van der Waals surface area contributed by atoms with E-state index in [4.69, 9.17) is 0 Å². The first-order chi connectivity index (χ1) is 6.70. The van der Waals surface area contributed by atoms with Crippen molar-refractivity contribution >= 4 is 5.65 Å². The Balaban J connectivity index is 0.000000461. The molecule has 0 bridgehead atoms. The summed E-state index contributed by atoms with van der Waals surface area (Å²) in [5.74, 6) is 0.230. The number of fused-ring (bicyclic) bond motifs is 1. The minimum Gasteiger partial charge on any atom is -0.504 e. The first kappa shape index (κ1) is 10.6. The van der Waals surface area contributed by atoms with Crippen molar-refractivity contribution in [1.82, 2.24) is 9.38 Å². The molecule has 0 spiro atoms. The molecule has 0 amide bonds. The largest absolute Gasteiger partial charge is 0.504 e. The van der Waals surface area contributed by atoms with Crippen LogP contribution >= 0.6 is 0 Å². The van der Waals surface area contributed by atoms with Gasteiger partial charge < -0.3 is 9.51 Å². The van der Waals surface area contributed by atoms with E-state index in [9.17, 15) is 5.11 Å². The Morgan fingerprint density at radius 1 is 1.29 bits per heavy atom. The molecule has 0 aromatic carbocycles. The van der Waals surface area contributed by atoms with Gasteiger partial charge in [0.05, 0.1) is 5.69 Å². The SMILES string of the molecule is CC.Cc1nc2c(O)cccn2c1C. The van der Waals surface area contributed by atoms with Crippen LogP contribution in [-0.2, 0) is 0 Å². The Bertz CT molecular complexity index is 432. The number of aromatic hydroxyl groups is 1. The van der Waals surface area contributed by atoms with Crippen molar-refractivity contribution in [2.24, 2.45) is 0 Å². The number of hydrogen-bond donors (Lipinski definition) is 1. The fourth-order valence-electron chi connectivity index (χ4n) is 1.28. The lowest BCUT2D eigenvalue weighted by Crippen LogP contribution is -1.85. The Labute approximate surface area is 84.0 Å². The molecule has 0 saturated heterocycles. The maximum Gasteiger partial charge on any atom is 0.179 e. The number of aromatic nitrogens is 2. The predicted molar refractivity (Wildman–Crippen MR) is 57.7 cm³/mol.